The van der Waals surface area contributed by atoms with Crippen LogP contribution in [0.1, 0.15) is 12.5 Å². The molecule has 0 unspecified atom stereocenters. The summed E-state index contributed by atoms with van der Waals surface area (Å²) in [6, 6.07) is 5.46. The van der Waals surface area contributed by atoms with E-state index in [1.165, 1.54) is 7.11 Å². The molecule has 1 aromatic rings. The number of carbonyl (C=O) groups is 2. The number of rotatable bonds is 5. The van der Waals surface area contributed by atoms with E-state index < -0.39 is 16.0 Å². The van der Waals surface area contributed by atoms with Crippen LogP contribution in [0.4, 0.5) is 0 Å². The molecule has 0 aromatic heterocycles. The standard InChI is InChI=1S/C16H15BrNO4S2/c1-10(24-9-14(19)18-16(24)23)3-4-11-7-12(17)5-6-13(11)22-8-15(20)21-2/h3-7,9H,8H2,1-2H3,(H,18,19,23)/q-1. The fourth-order valence-electron chi connectivity index (χ4n) is 1.84. The molecule has 2 rings (SSSR count). The van der Waals surface area contributed by atoms with E-state index in [1.807, 2.05) is 31.2 Å². The van der Waals surface area contributed by atoms with Crippen LogP contribution in [0.3, 0.4) is 0 Å². The van der Waals surface area contributed by atoms with Gasteiger partial charge in [0.05, 0.1) is 7.11 Å². The van der Waals surface area contributed by atoms with Crippen molar-refractivity contribution in [3.8, 4) is 5.75 Å². The number of methoxy groups -OCH3 is 1. The minimum absolute atomic E-state index is 0.164. The maximum absolute atomic E-state index is 11.4. The first kappa shape index (κ1) is 18.7. The molecule has 0 atom stereocenters. The first-order valence-electron chi connectivity index (χ1n) is 6.84. The number of esters is 1. The van der Waals surface area contributed by atoms with Crippen molar-refractivity contribution in [3.63, 3.8) is 0 Å². The number of nitrogens with one attached hydrogen (secondary N) is 1. The van der Waals surface area contributed by atoms with Crippen LogP contribution in [0.2, 0.25) is 0 Å². The predicted octanol–water partition coefficient (Wildman–Crippen LogP) is 2.04. The zero-order valence-electron chi connectivity index (χ0n) is 13.0. The third-order valence-corrected chi connectivity index (χ3v) is 5.95. The Morgan fingerprint density at radius 2 is 2.21 bits per heavy atom. The van der Waals surface area contributed by atoms with Crippen molar-refractivity contribution in [1.29, 1.82) is 0 Å². The van der Waals surface area contributed by atoms with Crippen molar-refractivity contribution in [3.05, 3.63) is 34.3 Å². The summed E-state index contributed by atoms with van der Waals surface area (Å²) in [7, 11) is 0.813. The van der Waals surface area contributed by atoms with Crippen molar-refractivity contribution in [1.82, 2.24) is 5.32 Å². The highest BCUT2D eigenvalue weighted by Crippen LogP contribution is 2.24. The number of hydrogen-bond donors (Lipinski definition) is 1. The van der Waals surface area contributed by atoms with Crippen LogP contribution in [0, 0.1) is 0 Å². The van der Waals surface area contributed by atoms with Gasteiger partial charge in [-0.3, -0.25) is 4.79 Å². The summed E-state index contributed by atoms with van der Waals surface area (Å²) >= 11 is 8.58. The minimum Gasteiger partial charge on any atom is -0.481 e. The molecular weight excluding hydrogens is 414 g/mol. The molecule has 24 heavy (non-hydrogen) atoms. The normalized spacial score (nSPS) is 17.5. The van der Waals surface area contributed by atoms with Gasteiger partial charge in [-0.25, -0.2) is 4.79 Å². The van der Waals surface area contributed by atoms with Gasteiger partial charge in [-0.2, -0.15) is 4.86 Å². The maximum atomic E-state index is 11.4. The number of ether oxygens (including phenoxy) is 2. The van der Waals surface area contributed by atoms with Gasteiger partial charge in [0.1, 0.15) is 5.75 Å². The van der Waals surface area contributed by atoms with Crippen LogP contribution in [-0.4, -0.2) is 40.1 Å². The van der Waals surface area contributed by atoms with Crippen molar-refractivity contribution >= 4 is 70.7 Å². The molecule has 0 spiro atoms. The molecule has 0 bridgehead atoms. The largest absolute Gasteiger partial charge is 0.481 e. The Morgan fingerprint density at radius 3 is 2.83 bits per heavy atom. The van der Waals surface area contributed by atoms with Gasteiger partial charge in [-0.15, -0.1) is 5.37 Å². The number of thiocarbonyl (C=S) groups is 1. The number of benzene rings is 1. The summed E-state index contributed by atoms with van der Waals surface area (Å²) in [5.74, 6) is -0.0589. The molecule has 128 valence electrons. The van der Waals surface area contributed by atoms with Gasteiger partial charge >= 0.3 is 5.97 Å². The van der Waals surface area contributed by atoms with E-state index in [1.54, 1.807) is 11.4 Å². The second kappa shape index (κ2) is 8.46. The second-order valence-electron chi connectivity index (χ2n) is 4.72. The second-order valence-corrected chi connectivity index (χ2v) is 8.27. The van der Waals surface area contributed by atoms with E-state index in [0.717, 1.165) is 14.9 Å². The summed E-state index contributed by atoms with van der Waals surface area (Å²) in [6.45, 7) is 1.75. The lowest BCUT2D eigenvalue weighted by Gasteiger charge is -2.11. The average molecular weight is 429 g/mol. The SMILES string of the molecule is COC(=O)COc1ccc(Br)cc1C=CC(C)=[S-]1=CC(=O)NC1=S. The molecule has 5 nitrogen and oxygen atoms in total. The van der Waals surface area contributed by atoms with E-state index in [0.29, 0.717) is 10.1 Å². The van der Waals surface area contributed by atoms with Gasteiger partial charge in [0, 0.05) is 10.0 Å². The number of amides is 1. The highest BCUT2D eigenvalue weighted by Gasteiger charge is 2.06. The average Bonchev–Trinajstić information content (AvgIpc) is 2.89. The summed E-state index contributed by atoms with van der Waals surface area (Å²) < 4.78 is 11.5. The summed E-state index contributed by atoms with van der Waals surface area (Å²) in [5, 5.41) is 4.20. The Hall–Kier alpha value is -1.64. The number of carbonyl (C=O) groups excluding carboxylic acids is 2. The lowest BCUT2D eigenvalue weighted by molar-refractivity contribution is -0.142. The molecule has 8 heteroatoms. The molecule has 1 aromatic carbocycles. The summed E-state index contributed by atoms with van der Waals surface area (Å²) in [6.07, 6.45) is 3.75. The van der Waals surface area contributed by atoms with Crippen LogP contribution in [0.25, 0.3) is 6.08 Å². The van der Waals surface area contributed by atoms with Gasteiger partial charge in [0.2, 0.25) is 5.91 Å². The van der Waals surface area contributed by atoms with Gasteiger partial charge in [0.25, 0.3) is 0 Å². The Labute approximate surface area is 155 Å². The predicted molar refractivity (Wildman–Crippen MR) is 106 cm³/mol. The molecular formula is C16H15BrNO4S2-. The van der Waals surface area contributed by atoms with Crippen LogP contribution in [-0.2, 0) is 24.4 Å². The van der Waals surface area contributed by atoms with Crippen LogP contribution in [0.15, 0.2) is 28.7 Å². The molecule has 1 amide bonds. The van der Waals surface area contributed by atoms with E-state index >= 15 is 0 Å². The first-order chi connectivity index (χ1) is 11.4. The Kier molecular flexibility index (Phi) is 6.59. The molecule has 1 heterocycles. The van der Waals surface area contributed by atoms with Crippen LogP contribution >= 0.6 is 28.1 Å². The summed E-state index contributed by atoms with van der Waals surface area (Å²) in [4.78, 5) is 23.6. The van der Waals surface area contributed by atoms with E-state index in [2.05, 4.69) is 26.0 Å². The Bertz CT molecular complexity index is 823. The smallest absolute Gasteiger partial charge is 0.343 e. The van der Waals surface area contributed by atoms with E-state index in [9.17, 15) is 9.59 Å². The molecule has 1 aliphatic rings. The van der Waals surface area contributed by atoms with Crippen LogP contribution in [0.5, 0.6) is 5.75 Å². The molecule has 0 saturated heterocycles. The van der Waals surface area contributed by atoms with Crippen molar-refractivity contribution < 1.29 is 19.1 Å². The fraction of sp³-hybridized carbons (Fsp3) is 0.188. The third kappa shape index (κ3) is 4.93. The van der Waals surface area contributed by atoms with Gasteiger partial charge in [0.15, 0.2) is 6.61 Å². The third-order valence-electron chi connectivity index (χ3n) is 3.04. The van der Waals surface area contributed by atoms with Crippen LogP contribution < -0.4 is 10.1 Å². The Balaban J connectivity index is 2.28. The minimum atomic E-state index is -0.496. The number of halogens is 1. The van der Waals surface area contributed by atoms with Crippen molar-refractivity contribution in [2.45, 2.75) is 6.92 Å². The number of allylic oxidation sites excluding steroid dienone is 1. The lowest BCUT2D eigenvalue weighted by atomic mass is 10.2. The quantitative estimate of drug-likeness (QED) is 0.336. The van der Waals surface area contributed by atoms with Gasteiger partial charge < -0.3 is 24.9 Å². The molecule has 0 aliphatic carbocycles. The highest BCUT2D eigenvalue weighted by atomic mass is 79.9. The summed E-state index contributed by atoms with van der Waals surface area (Å²) in [5.41, 5.74) is 0.792. The van der Waals surface area contributed by atoms with Crippen molar-refractivity contribution in [2.24, 2.45) is 0 Å². The fourth-order valence-corrected chi connectivity index (χ4v) is 4.14. The molecule has 0 saturated carbocycles. The zero-order valence-corrected chi connectivity index (χ0v) is 16.2. The highest BCUT2D eigenvalue weighted by molar-refractivity contribution is 9.10. The molecule has 0 fully saturated rings. The molecule has 0 radical (unpaired) electrons. The van der Waals surface area contributed by atoms with E-state index in [-0.39, 0.29) is 12.5 Å². The molecule has 1 aliphatic heterocycles. The number of hydrogen-bond acceptors (Lipinski definition) is 6. The lowest BCUT2D eigenvalue weighted by Crippen LogP contribution is -2.21. The topological polar surface area (TPSA) is 64.6 Å². The zero-order chi connectivity index (χ0) is 17.7. The molecule has 1 N–H and O–H groups in total. The maximum Gasteiger partial charge on any atom is 0.343 e. The van der Waals surface area contributed by atoms with Gasteiger partial charge in [-0.1, -0.05) is 47.2 Å². The Morgan fingerprint density at radius 1 is 1.46 bits per heavy atom. The van der Waals surface area contributed by atoms with Crippen molar-refractivity contribution in [2.75, 3.05) is 13.7 Å². The monoisotopic (exact) mass is 428 g/mol. The van der Waals surface area contributed by atoms with Gasteiger partial charge in [-0.05, 0) is 22.5 Å². The first-order valence-corrected chi connectivity index (χ1v) is 9.33. The van der Waals surface area contributed by atoms with E-state index in [4.69, 9.17) is 17.0 Å².